The van der Waals surface area contributed by atoms with Crippen LogP contribution in [0.25, 0.3) is 11.2 Å². The van der Waals surface area contributed by atoms with E-state index in [0.29, 0.717) is 10.1 Å². The van der Waals surface area contributed by atoms with E-state index in [1.165, 1.54) is 0 Å². The van der Waals surface area contributed by atoms with Crippen LogP contribution in [0.5, 0.6) is 0 Å². The summed E-state index contributed by atoms with van der Waals surface area (Å²) in [5, 5.41) is 11.4. The molecule has 0 radical (unpaired) electrons. The fourth-order valence-electron chi connectivity index (χ4n) is 1.15. The van der Waals surface area contributed by atoms with Crippen molar-refractivity contribution in [3.8, 4) is 0 Å². The topological polar surface area (TPSA) is 67.3 Å². The Balaban J connectivity index is 2.75. The molecule has 0 saturated heterocycles. The molecule has 0 unspecified atom stereocenters. The summed E-state index contributed by atoms with van der Waals surface area (Å²) in [4.78, 5) is 7.02. The van der Waals surface area contributed by atoms with E-state index in [1.807, 2.05) is 21.1 Å². The summed E-state index contributed by atoms with van der Waals surface area (Å²) in [5.74, 6) is 0.836. The van der Waals surface area contributed by atoms with Gasteiger partial charge in [-0.15, -0.1) is 5.10 Å². The summed E-state index contributed by atoms with van der Waals surface area (Å²) in [6, 6.07) is 0. The van der Waals surface area contributed by atoms with Crippen molar-refractivity contribution < 1.29 is 0 Å². The zero-order valence-corrected chi connectivity index (χ0v) is 7.81. The van der Waals surface area contributed by atoms with Crippen molar-refractivity contribution in [2.45, 2.75) is 0 Å². The summed E-state index contributed by atoms with van der Waals surface area (Å²) >= 11 is 0. The van der Waals surface area contributed by atoms with E-state index in [0.717, 1.165) is 11.3 Å². The highest BCUT2D eigenvalue weighted by Crippen LogP contribution is 2.19. The minimum Gasteiger partial charge on any atom is -0.337 e. The van der Waals surface area contributed by atoms with Gasteiger partial charge in [0.05, 0.1) is 27.5 Å². The van der Waals surface area contributed by atoms with Crippen molar-refractivity contribution in [2.24, 2.45) is 0 Å². The van der Waals surface area contributed by atoms with Crippen LogP contribution in [0.2, 0.25) is 0 Å². The first-order chi connectivity index (χ1) is 6.09. The van der Waals surface area contributed by atoms with Gasteiger partial charge < -0.3 is 4.98 Å². The van der Waals surface area contributed by atoms with Crippen LogP contribution in [-0.2, 0) is 0 Å². The largest absolute Gasteiger partial charge is 0.337 e. The summed E-state index contributed by atoms with van der Waals surface area (Å²) in [7, 11) is 6.05. The minimum atomic E-state index is 0.591. The molecule has 0 aliphatic carbocycles. The quantitative estimate of drug-likeness (QED) is 0.623. The van der Waals surface area contributed by atoms with Crippen molar-refractivity contribution >= 4 is 17.0 Å². The molecule has 1 N–H and O–H groups in total. The molecule has 68 valence electrons. The molecular weight excluding hydrogens is 168 g/mol. The third kappa shape index (κ3) is 1.25. The number of hydrogen-bond acceptors (Lipinski definition) is 4. The molecule has 6 nitrogen and oxygen atoms in total. The van der Waals surface area contributed by atoms with Crippen LogP contribution >= 0.6 is 0 Å². The molecule has 0 aromatic carbocycles. The Morgan fingerprint density at radius 2 is 2.00 bits per heavy atom. The molecule has 0 spiro atoms. The lowest BCUT2D eigenvalue weighted by Gasteiger charge is -2.20. The second kappa shape index (κ2) is 2.46. The number of nitrogens with one attached hydrogen (secondary N) is 1. The van der Waals surface area contributed by atoms with E-state index in [9.17, 15) is 0 Å². The second-order valence-electron chi connectivity index (χ2n) is 3.73. The van der Waals surface area contributed by atoms with E-state index in [4.69, 9.17) is 0 Å². The smallest absolute Gasteiger partial charge is 0.275 e. The fourth-order valence-corrected chi connectivity index (χ4v) is 1.15. The molecule has 2 heterocycles. The maximum absolute atomic E-state index is 4.01. The highest BCUT2D eigenvalue weighted by molar-refractivity contribution is 5.80. The Labute approximate surface area is 75.2 Å². The van der Waals surface area contributed by atoms with Crippen molar-refractivity contribution in [2.75, 3.05) is 21.1 Å². The lowest BCUT2D eigenvalue weighted by atomic mass is 10.4. The Morgan fingerprint density at radius 3 is 2.69 bits per heavy atom. The van der Waals surface area contributed by atoms with Gasteiger partial charge in [-0.1, -0.05) is 5.10 Å². The maximum atomic E-state index is 4.01. The molecule has 0 bridgehead atoms. The minimum absolute atomic E-state index is 0.591. The molecule has 0 aliphatic rings. The monoisotopic (exact) mass is 179 g/mol. The lowest BCUT2D eigenvalue weighted by molar-refractivity contribution is 0.469. The van der Waals surface area contributed by atoms with Crippen molar-refractivity contribution in [1.82, 2.24) is 29.9 Å². The van der Waals surface area contributed by atoms with Crippen molar-refractivity contribution in [1.29, 1.82) is 0 Å². The van der Waals surface area contributed by atoms with Gasteiger partial charge in [0.25, 0.3) is 5.82 Å². The fraction of sp³-hybridized carbons (Fsp3) is 0.429. The number of imidazole rings is 1. The van der Waals surface area contributed by atoms with Crippen LogP contribution in [0.1, 0.15) is 0 Å². The number of fused-ring (bicyclic) bond motifs is 1. The number of rotatable bonds is 1. The zero-order chi connectivity index (χ0) is 9.47. The van der Waals surface area contributed by atoms with Gasteiger partial charge in [0, 0.05) is 0 Å². The molecule has 2 aromatic rings. The van der Waals surface area contributed by atoms with Crippen molar-refractivity contribution in [3.05, 3.63) is 6.33 Å². The number of aromatic amines is 1. The first kappa shape index (κ1) is 8.06. The Morgan fingerprint density at radius 1 is 1.23 bits per heavy atom. The molecule has 13 heavy (non-hydrogen) atoms. The second-order valence-corrected chi connectivity index (χ2v) is 3.73. The first-order valence-corrected chi connectivity index (χ1v) is 3.93. The normalized spacial score (nSPS) is 12.2. The van der Waals surface area contributed by atoms with Crippen LogP contribution in [0, 0.1) is 0 Å². The summed E-state index contributed by atoms with van der Waals surface area (Å²) in [6.45, 7) is 0. The lowest BCUT2D eigenvalue weighted by Crippen LogP contribution is -2.36. The van der Waals surface area contributed by atoms with E-state index in [-0.39, 0.29) is 0 Å². The molecule has 2 aromatic heterocycles. The van der Waals surface area contributed by atoms with Crippen LogP contribution in [-0.4, -0.2) is 46.5 Å². The standard InChI is InChI=1S/C7H11N6/c1-13(2,3)7-5-6(9-4-8-5)10-12-11-7/h4H,1-3H3,(H,8,9,10,11)/q+1. The average Bonchev–Trinajstić information content (AvgIpc) is 2.48. The van der Waals surface area contributed by atoms with Gasteiger partial charge in [-0.3, -0.25) is 4.48 Å². The van der Waals surface area contributed by atoms with E-state index < -0.39 is 0 Å². The van der Waals surface area contributed by atoms with Gasteiger partial charge in [-0.05, 0) is 5.21 Å². The van der Waals surface area contributed by atoms with Gasteiger partial charge in [-0.25, -0.2) is 4.98 Å². The van der Waals surface area contributed by atoms with Crippen LogP contribution in [0.4, 0.5) is 5.82 Å². The first-order valence-electron chi connectivity index (χ1n) is 3.93. The van der Waals surface area contributed by atoms with Gasteiger partial charge in [0.2, 0.25) is 5.65 Å². The zero-order valence-electron chi connectivity index (χ0n) is 7.81. The maximum Gasteiger partial charge on any atom is 0.275 e. The summed E-state index contributed by atoms with van der Waals surface area (Å²) in [6.07, 6.45) is 1.60. The molecule has 0 saturated carbocycles. The third-order valence-corrected chi connectivity index (χ3v) is 1.76. The molecule has 6 heteroatoms. The molecule has 2 rings (SSSR count). The number of aromatic nitrogens is 5. The highest BCUT2D eigenvalue weighted by atomic mass is 15.4. The van der Waals surface area contributed by atoms with E-state index >= 15 is 0 Å². The Bertz CT molecular complexity index is 426. The SMILES string of the molecule is C[N+](C)(C)c1nnnc2nc[nH]c12. The van der Waals surface area contributed by atoms with Crippen LogP contribution < -0.4 is 4.48 Å². The van der Waals surface area contributed by atoms with E-state index in [1.54, 1.807) is 6.33 Å². The number of H-pyrrole nitrogens is 1. The predicted molar refractivity (Wildman–Crippen MR) is 49.0 cm³/mol. The van der Waals surface area contributed by atoms with Gasteiger partial charge in [-0.2, -0.15) is 0 Å². The van der Waals surface area contributed by atoms with Gasteiger partial charge >= 0.3 is 0 Å². The van der Waals surface area contributed by atoms with Gasteiger partial charge in [0.15, 0.2) is 5.52 Å². The highest BCUT2D eigenvalue weighted by Gasteiger charge is 2.20. The average molecular weight is 179 g/mol. The third-order valence-electron chi connectivity index (χ3n) is 1.76. The predicted octanol–water partition coefficient (Wildman–Crippen LogP) is -0.0554. The van der Waals surface area contributed by atoms with Gasteiger partial charge in [0.1, 0.15) is 0 Å². The van der Waals surface area contributed by atoms with Crippen LogP contribution in [0.3, 0.4) is 0 Å². The molecule has 0 amide bonds. The van der Waals surface area contributed by atoms with Crippen LogP contribution in [0.15, 0.2) is 6.33 Å². The molecular formula is C7H11N6+. The summed E-state index contributed by atoms with van der Waals surface area (Å²) < 4.78 is 0.591. The van der Waals surface area contributed by atoms with Crippen molar-refractivity contribution in [3.63, 3.8) is 0 Å². The Kier molecular flexibility index (Phi) is 1.53. The number of hydrogen-bond donors (Lipinski definition) is 1. The number of quaternary nitrogens is 1. The molecule has 0 fully saturated rings. The van der Waals surface area contributed by atoms with E-state index in [2.05, 4.69) is 25.4 Å². The Hall–Kier alpha value is -1.56. The molecule has 0 atom stereocenters. The molecule has 0 aliphatic heterocycles. The number of nitrogens with zero attached hydrogens (tertiary/aromatic N) is 5. The summed E-state index contributed by atoms with van der Waals surface area (Å²) in [5.41, 5.74) is 1.46.